The van der Waals surface area contributed by atoms with Gasteiger partial charge in [0.05, 0.1) is 23.2 Å². The summed E-state index contributed by atoms with van der Waals surface area (Å²) in [6.07, 6.45) is -4.45. The molecular formula is C34H28F3N3O. The predicted octanol–water partition coefficient (Wildman–Crippen LogP) is 8.35. The van der Waals surface area contributed by atoms with Gasteiger partial charge in [0.2, 0.25) is 0 Å². The van der Waals surface area contributed by atoms with Gasteiger partial charge in [0, 0.05) is 28.7 Å². The van der Waals surface area contributed by atoms with Crippen LogP contribution in [-0.2, 0) is 12.7 Å². The summed E-state index contributed by atoms with van der Waals surface area (Å²) in [5.41, 5.74) is 6.81. The molecule has 4 nitrogen and oxygen atoms in total. The van der Waals surface area contributed by atoms with Crippen LogP contribution in [0.2, 0.25) is 0 Å². The van der Waals surface area contributed by atoms with E-state index < -0.39 is 17.8 Å². The molecule has 0 aliphatic rings. The van der Waals surface area contributed by atoms with Crippen molar-refractivity contribution >= 4 is 16.8 Å². The lowest BCUT2D eigenvalue weighted by molar-refractivity contribution is -0.137. The van der Waals surface area contributed by atoms with Gasteiger partial charge in [-0.1, -0.05) is 54.6 Å². The Hall–Kier alpha value is -4.83. The van der Waals surface area contributed by atoms with Crippen molar-refractivity contribution in [3.05, 3.63) is 130 Å². The van der Waals surface area contributed by atoms with E-state index in [0.717, 1.165) is 51.0 Å². The zero-order valence-electron chi connectivity index (χ0n) is 22.9. The zero-order valence-corrected chi connectivity index (χ0v) is 22.9. The highest BCUT2D eigenvalue weighted by Crippen LogP contribution is 2.32. The molecule has 4 aromatic carbocycles. The lowest BCUT2D eigenvalue weighted by Gasteiger charge is -2.16. The minimum Gasteiger partial charge on any atom is -0.346 e. The first-order chi connectivity index (χ1) is 19.6. The fourth-order valence-electron chi connectivity index (χ4n) is 5.15. The van der Waals surface area contributed by atoms with Crippen LogP contribution < -0.4 is 5.32 Å². The fourth-order valence-corrected chi connectivity index (χ4v) is 5.15. The summed E-state index contributed by atoms with van der Waals surface area (Å²) < 4.78 is 41.6. The third-order valence-electron chi connectivity index (χ3n) is 7.62. The van der Waals surface area contributed by atoms with Crippen molar-refractivity contribution in [3.8, 4) is 17.2 Å². The van der Waals surface area contributed by atoms with Crippen LogP contribution >= 0.6 is 0 Å². The monoisotopic (exact) mass is 551 g/mol. The number of carbonyl (C=O) groups excluding carboxylic acids is 1. The maximum Gasteiger partial charge on any atom is 0.416 e. The molecule has 0 spiro atoms. The number of alkyl halides is 3. The second kappa shape index (κ2) is 11.0. The Balaban J connectivity index is 1.37. The SMILES string of the molecule is Cc1c(C)n(Cc2ccc(-c3ccccc3C#N)cc2)c2ccc(C(=O)N[C@@H](C)c3cccc(C(F)(F)F)c3)cc12. The molecule has 41 heavy (non-hydrogen) atoms. The van der Waals surface area contributed by atoms with Crippen molar-refractivity contribution < 1.29 is 18.0 Å². The third kappa shape index (κ3) is 5.59. The molecule has 0 fully saturated rings. The minimum atomic E-state index is -4.45. The van der Waals surface area contributed by atoms with Crippen molar-refractivity contribution in [3.63, 3.8) is 0 Å². The second-order valence-corrected chi connectivity index (χ2v) is 10.2. The molecule has 0 saturated carbocycles. The van der Waals surface area contributed by atoms with E-state index in [0.29, 0.717) is 23.2 Å². The van der Waals surface area contributed by atoms with E-state index >= 15 is 0 Å². The molecule has 0 saturated heterocycles. The van der Waals surface area contributed by atoms with Crippen molar-refractivity contribution in [2.24, 2.45) is 0 Å². The van der Waals surface area contributed by atoms with E-state index in [-0.39, 0.29) is 5.91 Å². The van der Waals surface area contributed by atoms with E-state index in [1.54, 1.807) is 19.1 Å². The lowest BCUT2D eigenvalue weighted by atomic mass is 9.99. The number of halogens is 3. The van der Waals surface area contributed by atoms with Crippen molar-refractivity contribution in [1.29, 1.82) is 5.26 Å². The van der Waals surface area contributed by atoms with Gasteiger partial charge in [0.15, 0.2) is 0 Å². The number of hydrogen-bond acceptors (Lipinski definition) is 2. The minimum absolute atomic E-state index is 0.352. The maximum absolute atomic E-state index is 13.1. The van der Waals surface area contributed by atoms with E-state index in [1.165, 1.54) is 6.07 Å². The summed E-state index contributed by atoms with van der Waals surface area (Å²) in [6, 6.07) is 27.8. The van der Waals surface area contributed by atoms with E-state index in [4.69, 9.17) is 0 Å². The molecule has 1 N–H and O–H groups in total. The Morgan fingerprint density at radius 3 is 2.39 bits per heavy atom. The van der Waals surface area contributed by atoms with Crippen molar-refractivity contribution in [2.45, 2.75) is 39.5 Å². The highest BCUT2D eigenvalue weighted by Gasteiger charge is 2.30. The van der Waals surface area contributed by atoms with Crippen LogP contribution in [0.1, 0.15) is 56.8 Å². The molecule has 1 amide bonds. The van der Waals surface area contributed by atoms with Crippen LogP contribution in [0.5, 0.6) is 0 Å². The number of amides is 1. The summed E-state index contributed by atoms with van der Waals surface area (Å²) in [7, 11) is 0. The summed E-state index contributed by atoms with van der Waals surface area (Å²) in [6.45, 7) is 6.36. The molecule has 0 unspecified atom stereocenters. The van der Waals surface area contributed by atoms with Crippen LogP contribution in [0.3, 0.4) is 0 Å². The highest BCUT2D eigenvalue weighted by molar-refractivity contribution is 5.99. The van der Waals surface area contributed by atoms with Gasteiger partial charge < -0.3 is 9.88 Å². The van der Waals surface area contributed by atoms with Crippen LogP contribution in [0.15, 0.2) is 91.0 Å². The van der Waals surface area contributed by atoms with Gasteiger partial charge in [-0.3, -0.25) is 4.79 Å². The van der Waals surface area contributed by atoms with Crippen molar-refractivity contribution in [1.82, 2.24) is 9.88 Å². The summed E-state index contributed by atoms with van der Waals surface area (Å²) in [4.78, 5) is 13.1. The largest absolute Gasteiger partial charge is 0.416 e. The first-order valence-corrected chi connectivity index (χ1v) is 13.2. The standard InChI is InChI=1S/C34H28F3N3O/c1-21-23(3)40(20-24-11-13-25(14-12-24)30-10-5-4-7-28(30)19-38)32-16-15-27(18-31(21)32)33(41)39-22(2)26-8-6-9-29(17-26)34(35,36)37/h4-18,22H,20H2,1-3H3,(H,39,41)/t22-/m0/s1. The number of nitrogens with one attached hydrogen (secondary N) is 1. The Bertz CT molecular complexity index is 1790. The van der Waals surface area contributed by atoms with E-state index in [2.05, 4.69) is 28.1 Å². The number of carbonyl (C=O) groups is 1. The molecule has 5 aromatic rings. The maximum atomic E-state index is 13.1. The quantitative estimate of drug-likeness (QED) is 0.231. The summed E-state index contributed by atoms with van der Waals surface area (Å²) in [5, 5.41) is 13.2. The molecule has 206 valence electrons. The van der Waals surface area contributed by atoms with Crippen LogP contribution in [-0.4, -0.2) is 10.5 Å². The highest BCUT2D eigenvalue weighted by atomic mass is 19.4. The molecule has 1 atom stereocenters. The molecule has 0 bridgehead atoms. The topological polar surface area (TPSA) is 57.8 Å². The average molecular weight is 552 g/mol. The first-order valence-electron chi connectivity index (χ1n) is 13.2. The van der Waals surface area contributed by atoms with Gasteiger partial charge in [-0.15, -0.1) is 0 Å². The van der Waals surface area contributed by atoms with Crippen molar-refractivity contribution in [2.75, 3.05) is 0 Å². The fraction of sp³-hybridized carbons (Fsp3) is 0.176. The zero-order chi connectivity index (χ0) is 29.3. The van der Waals surface area contributed by atoms with Crippen LogP contribution in [0, 0.1) is 25.2 Å². The first kappa shape index (κ1) is 27.7. The average Bonchev–Trinajstić information content (AvgIpc) is 3.21. The predicted molar refractivity (Wildman–Crippen MR) is 154 cm³/mol. The molecule has 1 aromatic heterocycles. The van der Waals surface area contributed by atoms with Gasteiger partial charge in [0.1, 0.15) is 0 Å². The lowest BCUT2D eigenvalue weighted by Crippen LogP contribution is -2.26. The Kier molecular flexibility index (Phi) is 7.42. The molecule has 0 aliphatic carbocycles. The Morgan fingerprint density at radius 2 is 1.68 bits per heavy atom. The molecule has 0 aliphatic heterocycles. The number of nitriles is 1. The molecule has 0 radical (unpaired) electrons. The van der Waals surface area contributed by atoms with E-state index in [1.807, 2.05) is 62.4 Å². The molecule has 5 rings (SSSR count). The number of hydrogen-bond donors (Lipinski definition) is 1. The van der Waals surface area contributed by atoms with E-state index in [9.17, 15) is 23.2 Å². The number of benzene rings is 4. The number of rotatable bonds is 6. The van der Waals surface area contributed by atoms with Gasteiger partial charge in [-0.2, -0.15) is 18.4 Å². The van der Waals surface area contributed by atoms with Gasteiger partial charge >= 0.3 is 6.18 Å². The smallest absolute Gasteiger partial charge is 0.346 e. The number of nitrogens with zero attached hydrogens (tertiary/aromatic N) is 2. The molecular weight excluding hydrogens is 523 g/mol. The van der Waals surface area contributed by atoms with Gasteiger partial charge in [-0.05, 0) is 85.0 Å². The van der Waals surface area contributed by atoms with Crippen LogP contribution in [0.25, 0.3) is 22.0 Å². The van der Waals surface area contributed by atoms with Gasteiger partial charge in [0.25, 0.3) is 5.91 Å². The third-order valence-corrected chi connectivity index (χ3v) is 7.62. The van der Waals surface area contributed by atoms with Gasteiger partial charge in [-0.25, -0.2) is 0 Å². The Labute approximate surface area is 236 Å². The Morgan fingerprint density at radius 1 is 0.951 bits per heavy atom. The molecule has 1 heterocycles. The molecule has 7 heteroatoms. The second-order valence-electron chi connectivity index (χ2n) is 10.2. The number of fused-ring (bicyclic) bond motifs is 1. The van der Waals surface area contributed by atoms with Crippen LogP contribution in [0.4, 0.5) is 13.2 Å². The number of aromatic nitrogens is 1. The summed E-state index contributed by atoms with van der Waals surface area (Å²) in [5.74, 6) is -0.352. The normalized spacial score (nSPS) is 12.2. The summed E-state index contributed by atoms with van der Waals surface area (Å²) >= 11 is 0. The number of aryl methyl sites for hydroxylation is 1.